The smallest absolute Gasteiger partial charge is 0.245 e. The number of hydrogen-bond acceptors (Lipinski definition) is 4. The van der Waals surface area contributed by atoms with Crippen molar-refractivity contribution >= 4 is 11.8 Å². The van der Waals surface area contributed by atoms with E-state index in [-0.39, 0.29) is 24.5 Å². The zero-order chi connectivity index (χ0) is 14.7. The van der Waals surface area contributed by atoms with Crippen LogP contribution in [0.25, 0.3) is 0 Å². The van der Waals surface area contributed by atoms with E-state index in [0.29, 0.717) is 25.5 Å². The molecular weight excluding hydrogens is 258 g/mol. The van der Waals surface area contributed by atoms with Crippen molar-refractivity contribution in [1.82, 2.24) is 10.2 Å². The van der Waals surface area contributed by atoms with Crippen molar-refractivity contribution in [3.8, 4) is 0 Å². The summed E-state index contributed by atoms with van der Waals surface area (Å²) in [6, 6.07) is -0.787. The van der Waals surface area contributed by atoms with E-state index in [4.69, 9.17) is 10.5 Å². The standard InChI is InChI=1S/C14H25N3O3/c1-9(2)7-11(15)14(19)17-5-6-20-8-12(17)13(18)16-10-3-4-10/h9-12H,3-8,15H2,1-2H3,(H,16,18). The Morgan fingerprint density at radius 1 is 1.40 bits per heavy atom. The summed E-state index contributed by atoms with van der Waals surface area (Å²) in [4.78, 5) is 26.2. The number of nitrogens with one attached hydrogen (secondary N) is 1. The summed E-state index contributed by atoms with van der Waals surface area (Å²) < 4.78 is 5.35. The molecule has 2 rings (SSSR count). The zero-order valence-corrected chi connectivity index (χ0v) is 12.3. The second kappa shape index (κ2) is 6.54. The summed E-state index contributed by atoms with van der Waals surface area (Å²) in [6.07, 6.45) is 2.69. The second-order valence-electron chi connectivity index (χ2n) is 6.14. The van der Waals surface area contributed by atoms with Crippen molar-refractivity contribution in [3.63, 3.8) is 0 Å². The van der Waals surface area contributed by atoms with Crippen LogP contribution in [0.3, 0.4) is 0 Å². The quantitative estimate of drug-likeness (QED) is 0.736. The molecule has 1 aliphatic carbocycles. The Kier molecular flexibility index (Phi) is 4.99. The van der Waals surface area contributed by atoms with Crippen molar-refractivity contribution in [2.24, 2.45) is 11.7 Å². The largest absolute Gasteiger partial charge is 0.377 e. The molecule has 2 atom stereocenters. The Morgan fingerprint density at radius 2 is 2.10 bits per heavy atom. The van der Waals surface area contributed by atoms with Crippen LogP contribution < -0.4 is 11.1 Å². The van der Waals surface area contributed by atoms with Crippen LogP contribution in [0, 0.1) is 5.92 Å². The van der Waals surface area contributed by atoms with Crippen molar-refractivity contribution in [2.75, 3.05) is 19.8 Å². The van der Waals surface area contributed by atoms with E-state index in [0.717, 1.165) is 12.8 Å². The van der Waals surface area contributed by atoms with Gasteiger partial charge in [0.05, 0.1) is 19.3 Å². The maximum absolute atomic E-state index is 12.4. The number of hydrogen-bond donors (Lipinski definition) is 2. The Balaban J connectivity index is 1.97. The Bertz CT molecular complexity index is 369. The van der Waals surface area contributed by atoms with Crippen molar-refractivity contribution < 1.29 is 14.3 Å². The van der Waals surface area contributed by atoms with Crippen molar-refractivity contribution in [1.29, 1.82) is 0 Å². The lowest BCUT2D eigenvalue weighted by atomic mass is 10.0. The Hall–Kier alpha value is -1.14. The number of ether oxygens (including phenoxy) is 1. The molecule has 2 unspecified atom stereocenters. The van der Waals surface area contributed by atoms with Gasteiger partial charge < -0.3 is 20.7 Å². The van der Waals surface area contributed by atoms with Gasteiger partial charge in [-0.2, -0.15) is 0 Å². The topological polar surface area (TPSA) is 84.7 Å². The second-order valence-corrected chi connectivity index (χ2v) is 6.14. The fraction of sp³-hybridized carbons (Fsp3) is 0.857. The molecule has 114 valence electrons. The molecule has 1 saturated heterocycles. The molecule has 0 radical (unpaired) electrons. The van der Waals surface area contributed by atoms with E-state index in [1.54, 1.807) is 4.90 Å². The summed E-state index contributed by atoms with van der Waals surface area (Å²) in [5.41, 5.74) is 5.96. The molecule has 1 aliphatic heterocycles. The lowest BCUT2D eigenvalue weighted by molar-refractivity contribution is -0.149. The maximum atomic E-state index is 12.4. The van der Waals surface area contributed by atoms with Gasteiger partial charge in [-0.1, -0.05) is 13.8 Å². The van der Waals surface area contributed by atoms with Gasteiger partial charge in [-0.15, -0.1) is 0 Å². The van der Waals surface area contributed by atoms with E-state index < -0.39 is 12.1 Å². The number of carbonyl (C=O) groups excluding carboxylic acids is 2. The molecule has 2 amide bonds. The lowest BCUT2D eigenvalue weighted by Crippen LogP contribution is -2.59. The van der Waals surface area contributed by atoms with Crippen LogP contribution >= 0.6 is 0 Å². The minimum Gasteiger partial charge on any atom is -0.377 e. The summed E-state index contributed by atoms with van der Waals surface area (Å²) in [5, 5.41) is 2.93. The molecule has 3 N–H and O–H groups in total. The molecular formula is C14H25N3O3. The molecule has 2 aliphatic rings. The molecule has 1 saturated carbocycles. The molecule has 20 heavy (non-hydrogen) atoms. The van der Waals surface area contributed by atoms with Gasteiger partial charge in [0.2, 0.25) is 11.8 Å². The monoisotopic (exact) mass is 283 g/mol. The number of morpholine rings is 1. The number of nitrogens with two attached hydrogens (primary N) is 1. The highest BCUT2D eigenvalue weighted by atomic mass is 16.5. The van der Waals surface area contributed by atoms with Gasteiger partial charge in [-0.05, 0) is 25.2 Å². The van der Waals surface area contributed by atoms with Gasteiger partial charge in [0.25, 0.3) is 0 Å². The number of carbonyl (C=O) groups is 2. The van der Waals surface area contributed by atoms with Crippen LogP contribution in [-0.4, -0.2) is 54.6 Å². The highest BCUT2D eigenvalue weighted by molar-refractivity contribution is 5.90. The fourth-order valence-corrected chi connectivity index (χ4v) is 2.43. The average Bonchev–Trinajstić information content (AvgIpc) is 3.21. The molecule has 0 aromatic rings. The fourth-order valence-electron chi connectivity index (χ4n) is 2.43. The third-order valence-corrected chi connectivity index (χ3v) is 3.68. The summed E-state index contributed by atoms with van der Waals surface area (Å²) in [7, 11) is 0. The van der Waals surface area contributed by atoms with E-state index >= 15 is 0 Å². The third-order valence-electron chi connectivity index (χ3n) is 3.68. The Morgan fingerprint density at radius 3 is 2.70 bits per heavy atom. The summed E-state index contributed by atoms with van der Waals surface area (Å²) in [6.45, 7) is 5.23. The molecule has 6 heteroatoms. The predicted molar refractivity (Wildman–Crippen MR) is 74.9 cm³/mol. The highest BCUT2D eigenvalue weighted by Gasteiger charge is 2.37. The summed E-state index contributed by atoms with van der Waals surface area (Å²) in [5.74, 6) is 0.101. The summed E-state index contributed by atoms with van der Waals surface area (Å²) >= 11 is 0. The van der Waals surface area contributed by atoms with Crippen molar-refractivity contribution in [2.45, 2.75) is 51.2 Å². The van der Waals surface area contributed by atoms with Gasteiger partial charge in [0, 0.05) is 12.6 Å². The van der Waals surface area contributed by atoms with Crippen LogP contribution in [0.2, 0.25) is 0 Å². The molecule has 6 nitrogen and oxygen atoms in total. The number of nitrogens with zero attached hydrogens (tertiary/aromatic N) is 1. The van der Waals surface area contributed by atoms with Crippen LogP contribution in [-0.2, 0) is 14.3 Å². The van der Waals surface area contributed by atoms with Crippen LogP contribution in [0.4, 0.5) is 0 Å². The molecule has 0 aromatic carbocycles. The minimum absolute atomic E-state index is 0.114. The van der Waals surface area contributed by atoms with Gasteiger partial charge in [-0.3, -0.25) is 9.59 Å². The lowest BCUT2D eigenvalue weighted by Gasteiger charge is -2.36. The van der Waals surface area contributed by atoms with Crippen LogP contribution in [0.15, 0.2) is 0 Å². The van der Waals surface area contributed by atoms with Gasteiger partial charge >= 0.3 is 0 Å². The first kappa shape index (κ1) is 15.3. The molecule has 0 spiro atoms. The zero-order valence-electron chi connectivity index (χ0n) is 12.3. The maximum Gasteiger partial charge on any atom is 0.245 e. The van der Waals surface area contributed by atoms with E-state index in [2.05, 4.69) is 5.32 Å². The van der Waals surface area contributed by atoms with E-state index in [1.807, 2.05) is 13.8 Å². The molecule has 2 fully saturated rings. The van der Waals surface area contributed by atoms with Crippen LogP contribution in [0.1, 0.15) is 33.1 Å². The molecule has 0 aromatic heterocycles. The first-order valence-electron chi connectivity index (χ1n) is 7.43. The van der Waals surface area contributed by atoms with Gasteiger partial charge in [-0.25, -0.2) is 0 Å². The molecule has 0 bridgehead atoms. The third kappa shape index (κ3) is 3.93. The van der Waals surface area contributed by atoms with Gasteiger partial charge in [0.1, 0.15) is 6.04 Å². The van der Waals surface area contributed by atoms with E-state index in [1.165, 1.54) is 0 Å². The van der Waals surface area contributed by atoms with E-state index in [9.17, 15) is 9.59 Å². The number of amides is 2. The normalized spacial score (nSPS) is 24.6. The SMILES string of the molecule is CC(C)CC(N)C(=O)N1CCOCC1C(=O)NC1CC1. The predicted octanol–water partition coefficient (Wildman–Crippen LogP) is -0.134. The number of rotatable bonds is 5. The first-order valence-corrected chi connectivity index (χ1v) is 7.43. The Labute approximate surface area is 120 Å². The first-order chi connectivity index (χ1) is 9.49. The van der Waals surface area contributed by atoms with Gasteiger partial charge in [0.15, 0.2) is 0 Å². The average molecular weight is 283 g/mol. The molecule has 1 heterocycles. The van der Waals surface area contributed by atoms with Crippen molar-refractivity contribution in [3.05, 3.63) is 0 Å². The van der Waals surface area contributed by atoms with Crippen LogP contribution in [0.5, 0.6) is 0 Å². The highest BCUT2D eigenvalue weighted by Crippen LogP contribution is 2.20. The minimum atomic E-state index is -0.538.